The minimum atomic E-state index is -2.98. The maximum Gasteiger partial charge on any atom is 0.320 e. The van der Waals surface area contributed by atoms with Gasteiger partial charge < -0.3 is 19.4 Å². The van der Waals surface area contributed by atoms with Gasteiger partial charge in [0.05, 0.1) is 17.3 Å². The number of hydrogen-bond acceptors (Lipinski definition) is 5. The molecule has 0 aromatic carbocycles. The largest absolute Gasteiger partial charge is 0.368 e. The number of piperazine rings is 1. The Morgan fingerprint density at radius 1 is 0.939 bits per heavy atom. The molecule has 188 valence electrons. The van der Waals surface area contributed by atoms with Crippen LogP contribution in [0.3, 0.4) is 0 Å². The van der Waals surface area contributed by atoms with E-state index in [1.807, 2.05) is 16.7 Å². The summed E-state index contributed by atoms with van der Waals surface area (Å²) in [5.74, 6) is 1.06. The van der Waals surface area contributed by atoms with Crippen LogP contribution in [0, 0.1) is 11.8 Å². The van der Waals surface area contributed by atoms with Crippen molar-refractivity contribution in [3.05, 3.63) is 0 Å². The van der Waals surface area contributed by atoms with E-state index in [0.29, 0.717) is 25.0 Å². The third-order valence-electron chi connectivity index (χ3n) is 8.60. The zero-order valence-corrected chi connectivity index (χ0v) is 21.4. The summed E-state index contributed by atoms with van der Waals surface area (Å²) in [5, 5.41) is -0.202. The third-order valence-corrected chi connectivity index (χ3v) is 10.3. The summed E-state index contributed by atoms with van der Waals surface area (Å²) >= 11 is 0. The van der Waals surface area contributed by atoms with Crippen LogP contribution < -0.4 is 0 Å². The van der Waals surface area contributed by atoms with E-state index in [-0.39, 0.29) is 41.4 Å². The third kappa shape index (κ3) is 5.04. The molecule has 4 unspecified atom stereocenters. The number of amides is 3. The van der Waals surface area contributed by atoms with Crippen molar-refractivity contribution in [1.29, 1.82) is 0 Å². The van der Waals surface area contributed by atoms with Crippen LogP contribution in [0.25, 0.3) is 0 Å². The van der Waals surface area contributed by atoms with Gasteiger partial charge in [0.15, 0.2) is 0 Å². The van der Waals surface area contributed by atoms with Crippen LogP contribution in [-0.4, -0.2) is 98.0 Å². The molecule has 8 nitrogen and oxygen atoms in total. The van der Waals surface area contributed by atoms with E-state index >= 15 is 0 Å². The average Bonchev–Trinajstić information content (AvgIpc) is 3.32. The highest BCUT2D eigenvalue weighted by atomic mass is 32.2. The molecule has 0 radical (unpaired) electrons. The molecule has 9 heteroatoms. The summed E-state index contributed by atoms with van der Waals surface area (Å²) in [5.41, 5.74) is 0. The van der Waals surface area contributed by atoms with Crippen molar-refractivity contribution < 1.29 is 22.7 Å². The molecule has 2 saturated carbocycles. The normalized spacial score (nSPS) is 37.5. The van der Waals surface area contributed by atoms with Gasteiger partial charge in [-0.2, -0.15) is 0 Å². The topological polar surface area (TPSA) is 87.2 Å². The van der Waals surface area contributed by atoms with Crippen LogP contribution in [0.15, 0.2) is 0 Å². The first-order chi connectivity index (χ1) is 15.6. The van der Waals surface area contributed by atoms with Crippen LogP contribution in [-0.2, 0) is 19.4 Å². The van der Waals surface area contributed by atoms with Crippen LogP contribution in [0.1, 0.15) is 64.7 Å². The lowest BCUT2D eigenvalue weighted by molar-refractivity contribution is -0.152. The van der Waals surface area contributed by atoms with Crippen molar-refractivity contribution in [2.24, 2.45) is 11.8 Å². The molecule has 2 aliphatic heterocycles. The van der Waals surface area contributed by atoms with Gasteiger partial charge in [0, 0.05) is 39.5 Å². The van der Waals surface area contributed by atoms with Gasteiger partial charge in [-0.05, 0) is 76.5 Å². The number of nitrogens with zero attached hydrogens (tertiary/aromatic N) is 3. The van der Waals surface area contributed by atoms with Crippen molar-refractivity contribution in [3.8, 4) is 0 Å². The van der Waals surface area contributed by atoms with E-state index in [0.717, 1.165) is 57.8 Å². The van der Waals surface area contributed by atoms with Gasteiger partial charge >= 0.3 is 6.03 Å². The Morgan fingerprint density at radius 3 is 2.18 bits per heavy atom. The number of carbonyl (C=O) groups is 2. The zero-order valence-electron chi connectivity index (χ0n) is 20.6. The highest BCUT2D eigenvalue weighted by Gasteiger charge is 2.49. The molecule has 0 aromatic rings. The predicted octanol–water partition coefficient (Wildman–Crippen LogP) is 2.52. The quantitative estimate of drug-likeness (QED) is 0.616. The number of hydrogen-bond donors (Lipinski definition) is 0. The summed E-state index contributed by atoms with van der Waals surface area (Å²) < 4.78 is 29.7. The minimum absolute atomic E-state index is 0.00758. The summed E-state index contributed by atoms with van der Waals surface area (Å²) in [7, 11) is 0.608. The molecule has 4 fully saturated rings. The number of urea groups is 1. The second-order valence-electron chi connectivity index (χ2n) is 11.0. The molecule has 0 bridgehead atoms. The van der Waals surface area contributed by atoms with E-state index in [1.54, 1.807) is 19.0 Å². The summed E-state index contributed by atoms with van der Waals surface area (Å²) in [4.78, 5) is 32.2. The first kappa shape index (κ1) is 24.8. The van der Waals surface area contributed by atoms with Crippen LogP contribution in [0.5, 0.6) is 0 Å². The Balaban J connectivity index is 1.52. The Morgan fingerprint density at radius 2 is 1.61 bits per heavy atom. The molecule has 0 N–H and O–H groups in total. The molecule has 4 aliphatic rings. The molecule has 5 atom stereocenters. The summed E-state index contributed by atoms with van der Waals surface area (Å²) in [6.45, 7) is 3.24. The molecule has 0 aromatic heterocycles. The highest BCUT2D eigenvalue weighted by Crippen LogP contribution is 2.44. The average molecular weight is 484 g/mol. The number of sulfone groups is 1. The molecule has 2 saturated heterocycles. The minimum Gasteiger partial charge on any atom is -0.368 e. The Bertz CT molecular complexity index is 833. The molecule has 2 heterocycles. The van der Waals surface area contributed by atoms with Crippen LogP contribution >= 0.6 is 0 Å². The summed E-state index contributed by atoms with van der Waals surface area (Å²) in [6, 6.07) is 0.0212. The van der Waals surface area contributed by atoms with Gasteiger partial charge in [-0.25, -0.2) is 13.2 Å². The lowest BCUT2D eigenvalue weighted by Crippen LogP contribution is -2.69. The number of carbonyl (C=O) groups excluding carboxylic acids is 2. The SMILES string of the molecule is C[C@H]1CN(C(=O)C2CCCO2)C2CC(C3CCC(S(C)(=O)=O)CC3)CCC2N1C(=O)N(C)C. The lowest BCUT2D eigenvalue weighted by atomic mass is 9.69. The molecule has 33 heavy (non-hydrogen) atoms. The van der Waals surface area contributed by atoms with Gasteiger partial charge in [0.2, 0.25) is 0 Å². The number of ether oxygens (including phenoxy) is 1. The van der Waals surface area contributed by atoms with E-state index in [4.69, 9.17) is 4.74 Å². The fourth-order valence-corrected chi connectivity index (χ4v) is 7.97. The van der Waals surface area contributed by atoms with Crippen LogP contribution in [0.4, 0.5) is 4.79 Å². The van der Waals surface area contributed by atoms with E-state index in [9.17, 15) is 18.0 Å². The molecule has 0 spiro atoms. The fourth-order valence-electron chi connectivity index (χ4n) is 6.85. The van der Waals surface area contributed by atoms with E-state index < -0.39 is 9.84 Å². The first-order valence-corrected chi connectivity index (χ1v) is 14.6. The fraction of sp³-hybridized carbons (Fsp3) is 0.917. The molecule has 4 rings (SSSR count). The smallest absolute Gasteiger partial charge is 0.320 e. The molecule has 2 aliphatic carbocycles. The molecule has 3 amide bonds. The Labute approximate surface area is 198 Å². The summed E-state index contributed by atoms with van der Waals surface area (Å²) in [6.07, 6.45) is 8.89. The van der Waals surface area contributed by atoms with Crippen molar-refractivity contribution in [2.75, 3.05) is 33.5 Å². The Hall–Kier alpha value is -1.35. The number of fused-ring (bicyclic) bond motifs is 1. The second-order valence-corrected chi connectivity index (χ2v) is 13.3. The maximum absolute atomic E-state index is 13.5. The van der Waals surface area contributed by atoms with Crippen molar-refractivity contribution >= 4 is 21.8 Å². The van der Waals surface area contributed by atoms with Gasteiger partial charge in [-0.15, -0.1) is 0 Å². The van der Waals surface area contributed by atoms with Crippen molar-refractivity contribution in [2.45, 2.75) is 94.2 Å². The van der Waals surface area contributed by atoms with Gasteiger partial charge in [0.1, 0.15) is 15.9 Å². The second kappa shape index (κ2) is 9.72. The number of rotatable bonds is 3. The van der Waals surface area contributed by atoms with E-state index in [2.05, 4.69) is 0 Å². The molecular formula is C24H41N3O5S. The van der Waals surface area contributed by atoms with Crippen LogP contribution in [0.2, 0.25) is 0 Å². The standard InChI is InChI=1S/C24H41N3O5S/c1-16-15-26(23(28)22-6-5-13-32-22)21-14-18(9-12-20(21)27(16)24(29)25(2)3)17-7-10-19(11-8-17)33(4,30)31/h16-22H,5-15H2,1-4H3/t16-,17?,18?,19?,20?,21?,22?/m0/s1. The van der Waals surface area contributed by atoms with E-state index in [1.165, 1.54) is 6.26 Å². The Kier molecular flexibility index (Phi) is 7.29. The van der Waals surface area contributed by atoms with Gasteiger partial charge in [0.25, 0.3) is 5.91 Å². The molecular weight excluding hydrogens is 442 g/mol. The first-order valence-electron chi connectivity index (χ1n) is 12.7. The lowest BCUT2D eigenvalue weighted by Gasteiger charge is -2.55. The van der Waals surface area contributed by atoms with Gasteiger partial charge in [-0.1, -0.05) is 0 Å². The monoisotopic (exact) mass is 483 g/mol. The maximum atomic E-state index is 13.5. The predicted molar refractivity (Wildman–Crippen MR) is 127 cm³/mol. The van der Waals surface area contributed by atoms with Crippen molar-refractivity contribution in [3.63, 3.8) is 0 Å². The zero-order chi connectivity index (χ0) is 23.9. The van der Waals surface area contributed by atoms with Gasteiger partial charge in [-0.3, -0.25) is 4.79 Å². The highest BCUT2D eigenvalue weighted by molar-refractivity contribution is 7.91. The van der Waals surface area contributed by atoms with Crippen molar-refractivity contribution in [1.82, 2.24) is 14.7 Å².